The van der Waals surface area contributed by atoms with Crippen LogP contribution in [0.5, 0.6) is 0 Å². The van der Waals surface area contributed by atoms with Crippen molar-refractivity contribution in [1.82, 2.24) is 9.55 Å². The van der Waals surface area contributed by atoms with Gasteiger partial charge < -0.3 is 9.67 Å². The number of nitriles is 1. The second-order valence-electron chi connectivity index (χ2n) is 5.78. The molecule has 1 aromatic heterocycles. The highest BCUT2D eigenvalue weighted by Crippen LogP contribution is 2.51. The molecule has 0 amide bonds. The molecule has 0 aliphatic heterocycles. The number of aliphatic hydroxyl groups is 1. The Hall–Kier alpha value is -2.26. The van der Waals surface area contributed by atoms with Gasteiger partial charge >= 0.3 is 0 Å². The standard InChI is InChI=1S/C16H15F2N3O/c17-14-4-2-1-3-12(14)7-16(22,15(18)5-6-15)10-21-11-20-9-13(21)8-19/h1-4,9,11,22H,5-7,10H2. The Morgan fingerprint density at radius 3 is 2.77 bits per heavy atom. The van der Waals surface area contributed by atoms with E-state index in [1.807, 2.05) is 6.07 Å². The molecule has 6 heteroatoms. The Morgan fingerprint density at radius 1 is 1.41 bits per heavy atom. The summed E-state index contributed by atoms with van der Waals surface area (Å²) >= 11 is 0. The first-order chi connectivity index (χ1) is 10.5. The van der Waals surface area contributed by atoms with Crippen LogP contribution in [-0.2, 0) is 13.0 Å². The van der Waals surface area contributed by atoms with E-state index in [9.17, 15) is 13.9 Å². The average molecular weight is 303 g/mol. The molecule has 0 saturated heterocycles. The van der Waals surface area contributed by atoms with Gasteiger partial charge in [0.25, 0.3) is 0 Å². The summed E-state index contributed by atoms with van der Waals surface area (Å²) in [6.45, 7) is -0.138. The topological polar surface area (TPSA) is 61.8 Å². The number of hydrogen-bond acceptors (Lipinski definition) is 3. The molecule has 4 nitrogen and oxygen atoms in total. The minimum absolute atomic E-state index is 0.138. The van der Waals surface area contributed by atoms with E-state index < -0.39 is 17.1 Å². The van der Waals surface area contributed by atoms with Crippen LogP contribution in [0.4, 0.5) is 8.78 Å². The quantitative estimate of drug-likeness (QED) is 0.922. The van der Waals surface area contributed by atoms with E-state index in [1.54, 1.807) is 12.1 Å². The van der Waals surface area contributed by atoms with Gasteiger partial charge in [-0.25, -0.2) is 13.8 Å². The maximum atomic E-state index is 14.7. The van der Waals surface area contributed by atoms with Gasteiger partial charge in [-0.3, -0.25) is 0 Å². The number of alkyl halides is 1. The van der Waals surface area contributed by atoms with Crippen molar-refractivity contribution >= 4 is 0 Å². The van der Waals surface area contributed by atoms with Crippen molar-refractivity contribution in [3.8, 4) is 6.07 Å². The zero-order valence-corrected chi connectivity index (χ0v) is 11.8. The lowest BCUT2D eigenvalue weighted by Gasteiger charge is -2.32. The molecular formula is C16H15F2N3O. The van der Waals surface area contributed by atoms with Crippen LogP contribution in [0.2, 0.25) is 0 Å². The molecule has 1 heterocycles. The molecule has 1 aliphatic rings. The fraction of sp³-hybridized carbons (Fsp3) is 0.375. The molecule has 0 radical (unpaired) electrons. The zero-order chi connectivity index (χ0) is 15.8. The molecular weight excluding hydrogens is 288 g/mol. The zero-order valence-electron chi connectivity index (χ0n) is 11.8. The molecule has 1 N–H and O–H groups in total. The Kier molecular flexibility index (Phi) is 3.45. The number of benzene rings is 1. The maximum Gasteiger partial charge on any atom is 0.141 e. The number of hydrogen-bond donors (Lipinski definition) is 1. The van der Waals surface area contributed by atoms with E-state index in [0.29, 0.717) is 0 Å². The summed E-state index contributed by atoms with van der Waals surface area (Å²) in [4.78, 5) is 3.84. The van der Waals surface area contributed by atoms with Gasteiger partial charge in [0.2, 0.25) is 0 Å². The summed E-state index contributed by atoms with van der Waals surface area (Å²) in [5.41, 5.74) is -3.04. The van der Waals surface area contributed by atoms with Crippen LogP contribution < -0.4 is 0 Å². The lowest BCUT2D eigenvalue weighted by atomic mass is 9.87. The normalized spacial score (nSPS) is 18.5. The van der Waals surface area contributed by atoms with Crippen molar-refractivity contribution in [3.63, 3.8) is 0 Å². The van der Waals surface area contributed by atoms with Gasteiger partial charge in [0.1, 0.15) is 28.9 Å². The van der Waals surface area contributed by atoms with E-state index in [-0.39, 0.29) is 37.1 Å². The lowest BCUT2D eigenvalue weighted by Crippen LogP contribution is -2.47. The number of aromatic nitrogens is 2. The highest BCUT2D eigenvalue weighted by atomic mass is 19.1. The maximum absolute atomic E-state index is 14.7. The fourth-order valence-corrected chi connectivity index (χ4v) is 2.71. The predicted octanol–water partition coefficient (Wildman–Crippen LogP) is 2.37. The van der Waals surface area contributed by atoms with Gasteiger partial charge in [-0.15, -0.1) is 0 Å². The average Bonchev–Trinajstić information content (AvgIpc) is 3.10. The van der Waals surface area contributed by atoms with Crippen molar-refractivity contribution in [3.05, 3.63) is 53.9 Å². The number of rotatable bonds is 5. The molecule has 1 saturated carbocycles. The third-order valence-corrected chi connectivity index (χ3v) is 4.22. The molecule has 1 aromatic carbocycles. The summed E-state index contributed by atoms with van der Waals surface area (Å²) in [6.07, 6.45) is 3.03. The third kappa shape index (κ3) is 2.48. The first-order valence-corrected chi connectivity index (χ1v) is 7.02. The van der Waals surface area contributed by atoms with E-state index >= 15 is 0 Å². The van der Waals surface area contributed by atoms with Crippen molar-refractivity contribution in [2.24, 2.45) is 0 Å². The van der Waals surface area contributed by atoms with Crippen molar-refractivity contribution in [1.29, 1.82) is 5.26 Å². The van der Waals surface area contributed by atoms with Gasteiger partial charge in [-0.05, 0) is 24.5 Å². The molecule has 1 atom stereocenters. The van der Waals surface area contributed by atoms with Crippen molar-refractivity contribution in [2.45, 2.75) is 37.1 Å². The monoisotopic (exact) mass is 303 g/mol. The first-order valence-electron chi connectivity index (χ1n) is 7.02. The molecule has 1 aliphatic carbocycles. The van der Waals surface area contributed by atoms with E-state index in [1.165, 1.54) is 29.2 Å². The number of nitrogens with zero attached hydrogens (tertiary/aromatic N) is 3. The van der Waals surface area contributed by atoms with E-state index in [0.717, 1.165) is 0 Å². The van der Waals surface area contributed by atoms with Gasteiger partial charge in [-0.1, -0.05) is 18.2 Å². The van der Waals surface area contributed by atoms with Crippen LogP contribution in [0.25, 0.3) is 0 Å². The Labute approximate surface area is 126 Å². The summed E-state index contributed by atoms with van der Waals surface area (Å²) in [5.74, 6) is -0.476. The lowest BCUT2D eigenvalue weighted by molar-refractivity contribution is -0.0635. The van der Waals surface area contributed by atoms with E-state index in [2.05, 4.69) is 4.98 Å². The number of imidazole rings is 1. The van der Waals surface area contributed by atoms with Crippen LogP contribution in [0.1, 0.15) is 24.1 Å². The third-order valence-electron chi connectivity index (χ3n) is 4.22. The number of halogens is 2. The second kappa shape index (κ2) is 5.18. The molecule has 0 spiro atoms. The first kappa shape index (κ1) is 14.7. The van der Waals surface area contributed by atoms with E-state index in [4.69, 9.17) is 5.26 Å². The molecule has 114 valence electrons. The van der Waals surface area contributed by atoms with Crippen molar-refractivity contribution < 1.29 is 13.9 Å². The molecule has 22 heavy (non-hydrogen) atoms. The highest BCUT2D eigenvalue weighted by molar-refractivity contribution is 5.25. The van der Waals surface area contributed by atoms with Gasteiger partial charge in [0.05, 0.1) is 19.1 Å². The van der Waals surface area contributed by atoms with Crippen molar-refractivity contribution in [2.75, 3.05) is 0 Å². The van der Waals surface area contributed by atoms with Crippen LogP contribution in [0.15, 0.2) is 36.8 Å². The Morgan fingerprint density at radius 2 is 2.14 bits per heavy atom. The molecule has 0 bridgehead atoms. The van der Waals surface area contributed by atoms with Gasteiger partial charge in [0.15, 0.2) is 0 Å². The second-order valence-corrected chi connectivity index (χ2v) is 5.78. The van der Waals surface area contributed by atoms with Crippen LogP contribution in [-0.4, -0.2) is 25.9 Å². The molecule has 1 fully saturated rings. The molecule has 1 unspecified atom stereocenters. The summed E-state index contributed by atoms with van der Waals surface area (Å²) in [6, 6.07) is 7.95. The summed E-state index contributed by atoms with van der Waals surface area (Å²) < 4.78 is 30.0. The Bertz CT molecular complexity index is 727. The largest absolute Gasteiger partial charge is 0.384 e. The van der Waals surface area contributed by atoms with Gasteiger partial charge in [0, 0.05) is 6.42 Å². The summed E-state index contributed by atoms with van der Waals surface area (Å²) in [5, 5.41) is 19.9. The minimum atomic E-state index is -1.78. The van der Waals surface area contributed by atoms with Crippen LogP contribution in [0, 0.1) is 17.1 Å². The Balaban J connectivity index is 1.93. The highest BCUT2D eigenvalue weighted by Gasteiger charge is 2.60. The smallest absolute Gasteiger partial charge is 0.141 e. The van der Waals surface area contributed by atoms with Crippen LogP contribution >= 0.6 is 0 Å². The van der Waals surface area contributed by atoms with Gasteiger partial charge in [-0.2, -0.15) is 5.26 Å². The summed E-state index contributed by atoms with van der Waals surface area (Å²) in [7, 11) is 0. The minimum Gasteiger partial charge on any atom is -0.384 e. The molecule has 2 aromatic rings. The fourth-order valence-electron chi connectivity index (χ4n) is 2.71. The predicted molar refractivity (Wildman–Crippen MR) is 75.1 cm³/mol. The molecule has 3 rings (SSSR count). The SMILES string of the molecule is N#Cc1cncn1CC(O)(Cc1ccccc1F)C1(F)CC1. The van der Waals surface area contributed by atoms with Crippen LogP contribution in [0.3, 0.4) is 0 Å².